The molecule has 0 N–H and O–H groups in total. The fourth-order valence-electron chi connectivity index (χ4n) is 4.42. The van der Waals surface area contributed by atoms with Crippen LogP contribution < -0.4 is 0 Å². The Balaban J connectivity index is 1.85. The van der Waals surface area contributed by atoms with Crippen LogP contribution in [0, 0.1) is 0 Å². The fourth-order valence-corrected chi connectivity index (χ4v) is 4.42. The first kappa shape index (κ1) is 14.2. The van der Waals surface area contributed by atoms with Gasteiger partial charge < -0.3 is 4.42 Å². The summed E-state index contributed by atoms with van der Waals surface area (Å²) >= 11 is 0. The van der Waals surface area contributed by atoms with Gasteiger partial charge in [0.1, 0.15) is 16.8 Å². The lowest BCUT2D eigenvalue weighted by molar-refractivity contribution is 0.669. The van der Waals surface area contributed by atoms with Gasteiger partial charge in [-0.25, -0.2) is 4.98 Å². The number of pyridine rings is 2. The highest BCUT2D eigenvalue weighted by molar-refractivity contribution is 6.19. The van der Waals surface area contributed by atoms with Crippen LogP contribution in [-0.4, -0.2) is 14.4 Å². The molecule has 0 bridgehead atoms. The summed E-state index contributed by atoms with van der Waals surface area (Å²) < 4.78 is 8.39. The average molecular weight is 359 g/mol. The molecule has 0 aliphatic rings. The third-order valence-electron chi connectivity index (χ3n) is 5.65. The lowest BCUT2D eigenvalue weighted by Crippen LogP contribution is -1.92. The van der Waals surface area contributed by atoms with Crippen molar-refractivity contribution < 1.29 is 4.42 Å². The lowest BCUT2D eigenvalue weighted by atomic mass is 10.0. The normalized spacial score (nSPS) is 12.3. The van der Waals surface area contributed by atoms with Crippen molar-refractivity contribution in [2.75, 3.05) is 0 Å². The molecule has 0 unspecified atom stereocenters. The first-order chi connectivity index (χ1) is 13.9. The number of furan rings is 1. The molecule has 130 valence electrons. The quantitative estimate of drug-likeness (QED) is 0.308. The van der Waals surface area contributed by atoms with Gasteiger partial charge in [0, 0.05) is 40.0 Å². The van der Waals surface area contributed by atoms with Crippen LogP contribution in [0.3, 0.4) is 0 Å². The van der Waals surface area contributed by atoms with Crippen LogP contribution in [0.15, 0.2) is 83.5 Å². The number of benzene rings is 3. The highest BCUT2D eigenvalue weighted by Gasteiger charge is 2.16. The van der Waals surface area contributed by atoms with E-state index in [-0.39, 0.29) is 0 Å². The smallest absolute Gasteiger partial charge is 0.147 e. The largest absolute Gasteiger partial charge is 0.456 e. The molecule has 0 aliphatic carbocycles. The van der Waals surface area contributed by atoms with Gasteiger partial charge in [-0.05, 0) is 35.7 Å². The Morgan fingerprint density at radius 3 is 2.57 bits per heavy atom. The summed E-state index contributed by atoms with van der Waals surface area (Å²) in [6, 6.07) is 22.9. The second kappa shape index (κ2) is 4.87. The second-order valence-corrected chi connectivity index (χ2v) is 7.14. The zero-order valence-electron chi connectivity index (χ0n) is 14.8. The fraction of sp³-hybridized carbons (Fsp3) is 0. The van der Waals surface area contributed by atoms with Crippen molar-refractivity contribution in [2.24, 2.45) is 0 Å². The number of para-hydroxylation sites is 3. The maximum Gasteiger partial charge on any atom is 0.147 e. The molecule has 4 aromatic heterocycles. The number of rotatable bonds is 0. The minimum Gasteiger partial charge on any atom is -0.456 e. The molecule has 4 nitrogen and oxygen atoms in total. The Morgan fingerprint density at radius 1 is 0.679 bits per heavy atom. The van der Waals surface area contributed by atoms with Crippen LogP contribution >= 0.6 is 0 Å². The molecule has 0 radical (unpaired) electrons. The predicted octanol–water partition coefficient (Wildman–Crippen LogP) is 6.09. The molecular weight excluding hydrogens is 346 g/mol. The molecule has 4 heteroatoms. The Bertz CT molecular complexity index is 1720. The van der Waals surface area contributed by atoms with Crippen molar-refractivity contribution in [1.29, 1.82) is 0 Å². The summed E-state index contributed by atoms with van der Waals surface area (Å²) in [6.45, 7) is 0. The third-order valence-corrected chi connectivity index (χ3v) is 5.65. The van der Waals surface area contributed by atoms with Gasteiger partial charge in [-0.3, -0.25) is 9.38 Å². The van der Waals surface area contributed by atoms with Crippen LogP contribution in [0.1, 0.15) is 0 Å². The Morgan fingerprint density at radius 2 is 1.57 bits per heavy atom. The van der Waals surface area contributed by atoms with Crippen LogP contribution in [-0.2, 0) is 0 Å². The molecule has 7 aromatic rings. The molecular formula is C24H13N3O. The van der Waals surface area contributed by atoms with Crippen molar-refractivity contribution in [3.8, 4) is 0 Å². The highest BCUT2D eigenvalue weighted by atomic mass is 16.3. The van der Waals surface area contributed by atoms with Crippen molar-refractivity contribution in [3.63, 3.8) is 0 Å². The van der Waals surface area contributed by atoms with Crippen molar-refractivity contribution in [2.45, 2.75) is 0 Å². The van der Waals surface area contributed by atoms with E-state index in [1.165, 1.54) is 5.39 Å². The molecule has 4 heterocycles. The van der Waals surface area contributed by atoms with E-state index in [9.17, 15) is 0 Å². The predicted molar refractivity (Wildman–Crippen MR) is 113 cm³/mol. The van der Waals surface area contributed by atoms with Gasteiger partial charge in [0.2, 0.25) is 0 Å². The number of hydrogen-bond donors (Lipinski definition) is 0. The van der Waals surface area contributed by atoms with Gasteiger partial charge in [0.25, 0.3) is 0 Å². The molecule has 0 aliphatic heterocycles. The Hall–Kier alpha value is -3.92. The van der Waals surface area contributed by atoms with Crippen molar-refractivity contribution in [3.05, 3.63) is 79.1 Å². The minimum absolute atomic E-state index is 0.890. The summed E-state index contributed by atoms with van der Waals surface area (Å²) in [5, 5.41) is 5.65. The third kappa shape index (κ3) is 1.65. The van der Waals surface area contributed by atoms with Crippen LogP contribution in [0.5, 0.6) is 0 Å². The van der Waals surface area contributed by atoms with E-state index in [1.54, 1.807) is 0 Å². The van der Waals surface area contributed by atoms with E-state index in [0.717, 1.165) is 54.9 Å². The monoisotopic (exact) mass is 359 g/mol. The van der Waals surface area contributed by atoms with E-state index in [0.29, 0.717) is 0 Å². The van der Waals surface area contributed by atoms with Gasteiger partial charge in [-0.15, -0.1) is 0 Å². The number of aromatic nitrogens is 3. The van der Waals surface area contributed by atoms with E-state index in [4.69, 9.17) is 9.40 Å². The summed E-state index contributed by atoms with van der Waals surface area (Å²) in [7, 11) is 0. The Labute approximate surface area is 158 Å². The molecule has 3 aromatic carbocycles. The summed E-state index contributed by atoms with van der Waals surface area (Å²) in [5.41, 5.74) is 5.88. The molecule has 0 fully saturated rings. The van der Waals surface area contributed by atoms with Crippen LogP contribution in [0.4, 0.5) is 0 Å². The first-order valence-corrected chi connectivity index (χ1v) is 9.26. The van der Waals surface area contributed by atoms with Gasteiger partial charge in [-0.1, -0.05) is 30.3 Å². The first-order valence-electron chi connectivity index (χ1n) is 9.26. The lowest BCUT2D eigenvalue weighted by Gasteiger charge is -2.08. The highest BCUT2D eigenvalue weighted by Crippen LogP contribution is 2.37. The van der Waals surface area contributed by atoms with E-state index < -0.39 is 0 Å². The SMILES string of the molecule is c1ccc2c(c1)nc1c3cnccc3c3cc4c(cc3n21)oc1ccccc14. The number of imidazole rings is 1. The molecule has 0 spiro atoms. The molecule has 0 saturated carbocycles. The molecule has 7 rings (SSSR count). The molecule has 0 amide bonds. The number of hydrogen-bond acceptors (Lipinski definition) is 3. The van der Waals surface area contributed by atoms with Gasteiger partial charge in [0.05, 0.1) is 16.6 Å². The minimum atomic E-state index is 0.890. The van der Waals surface area contributed by atoms with E-state index in [1.807, 2.05) is 30.6 Å². The number of fused-ring (bicyclic) bond motifs is 11. The topological polar surface area (TPSA) is 43.3 Å². The zero-order valence-corrected chi connectivity index (χ0v) is 14.8. The van der Waals surface area contributed by atoms with Gasteiger partial charge >= 0.3 is 0 Å². The number of nitrogens with zero attached hydrogens (tertiary/aromatic N) is 3. The maximum atomic E-state index is 6.16. The second-order valence-electron chi connectivity index (χ2n) is 7.14. The Kier molecular flexibility index (Phi) is 2.46. The molecule has 28 heavy (non-hydrogen) atoms. The molecule has 0 saturated heterocycles. The van der Waals surface area contributed by atoms with Gasteiger partial charge in [-0.2, -0.15) is 0 Å². The zero-order chi connectivity index (χ0) is 18.2. The van der Waals surface area contributed by atoms with Gasteiger partial charge in [0.15, 0.2) is 0 Å². The molecule has 0 atom stereocenters. The summed E-state index contributed by atoms with van der Waals surface area (Å²) in [6.07, 6.45) is 3.76. The van der Waals surface area contributed by atoms with Crippen LogP contribution in [0.2, 0.25) is 0 Å². The van der Waals surface area contributed by atoms with Crippen molar-refractivity contribution in [1.82, 2.24) is 14.4 Å². The van der Waals surface area contributed by atoms with E-state index in [2.05, 4.69) is 57.9 Å². The standard InChI is InChI=1S/C24H13N3O/c1-4-8-22-15(5-1)17-11-16-14-9-10-25-13-18(14)24-26-19-6-2-3-7-20(19)27(24)21(16)12-23(17)28-22/h1-13H. The summed E-state index contributed by atoms with van der Waals surface area (Å²) in [4.78, 5) is 9.28. The van der Waals surface area contributed by atoms with Crippen molar-refractivity contribution >= 4 is 60.3 Å². The maximum absolute atomic E-state index is 6.16. The van der Waals surface area contributed by atoms with E-state index >= 15 is 0 Å². The van der Waals surface area contributed by atoms with Crippen LogP contribution in [0.25, 0.3) is 60.3 Å². The summed E-state index contributed by atoms with van der Waals surface area (Å²) in [5.74, 6) is 0. The average Bonchev–Trinajstić information content (AvgIpc) is 3.31.